The van der Waals surface area contributed by atoms with E-state index >= 15 is 0 Å². The van der Waals surface area contributed by atoms with Crippen LogP contribution in [0.25, 0.3) is 0 Å². The largest absolute Gasteiger partial charge is 0.305 e. The Bertz CT molecular complexity index is 384. The lowest BCUT2D eigenvalue weighted by molar-refractivity contribution is -0.124. The molecule has 0 bridgehead atoms. The van der Waals surface area contributed by atoms with Crippen LogP contribution < -0.4 is 5.32 Å². The Morgan fingerprint density at radius 3 is 2.17 bits per heavy atom. The molecule has 0 saturated heterocycles. The van der Waals surface area contributed by atoms with Crippen molar-refractivity contribution >= 4 is 28.4 Å². The van der Waals surface area contributed by atoms with Gasteiger partial charge in [-0.3, -0.25) is 4.79 Å². The van der Waals surface area contributed by atoms with Gasteiger partial charge in [0, 0.05) is 15.5 Å². The molecule has 0 aromatic heterocycles. The van der Waals surface area contributed by atoms with Crippen molar-refractivity contribution in [3.05, 3.63) is 33.4 Å². The molecule has 1 aromatic carbocycles. The summed E-state index contributed by atoms with van der Waals surface area (Å²) in [5, 5.41) is 3.37. The van der Waals surface area contributed by atoms with Crippen LogP contribution in [0.3, 0.4) is 0 Å². The fourth-order valence-corrected chi connectivity index (χ4v) is 2.26. The van der Waals surface area contributed by atoms with Crippen LogP contribution in [-0.4, -0.2) is 17.9 Å². The first-order valence-corrected chi connectivity index (χ1v) is 7.52. The van der Waals surface area contributed by atoms with Gasteiger partial charge in [0.2, 0.25) is 0 Å². The maximum Gasteiger partial charge on any atom is 0.152 e. The molecule has 0 heterocycles. The van der Waals surface area contributed by atoms with Crippen LogP contribution in [0.5, 0.6) is 0 Å². The molecule has 100 valence electrons. The molecule has 0 aliphatic rings. The molecule has 0 fully saturated rings. The van der Waals surface area contributed by atoms with Crippen molar-refractivity contribution in [1.29, 1.82) is 0 Å². The van der Waals surface area contributed by atoms with Gasteiger partial charge >= 0.3 is 0 Å². The molecule has 1 atom stereocenters. The van der Waals surface area contributed by atoms with Gasteiger partial charge in [-0.2, -0.15) is 0 Å². The molecule has 18 heavy (non-hydrogen) atoms. The van der Waals surface area contributed by atoms with Crippen molar-refractivity contribution in [1.82, 2.24) is 5.32 Å². The third kappa shape index (κ3) is 5.06. The van der Waals surface area contributed by atoms with Gasteiger partial charge in [-0.05, 0) is 46.7 Å². The van der Waals surface area contributed by atoms with Gasteiger partial charge in [0.15, 0.2) is 5.78 Å². The van der Waals surface area contributed by atoms with Gasteiger partial charge < -0.3 is 5.32 Å². The lowest BCUT2D eigenvalue weighted by Crippen LogP contribution is -2.44. The molecule has 0 aliphatic heterocycles. The second kappa shape index (κ2) is 7.24. The summed E-state index contributed by atoms with van der Waals surface area (Å²) in [5.74, 6) is 0.368. The molecular weight excluding hydrogens is 337 g/mol. The first-order valence-electron chi connectivity index (χ1n) is 6.44. The molecule has 0 saturated carbocycles. The highest BCUT2D eigenvalue weighted by molar-refractivity contribution is 14.1. The Labute approximate surface area is 124 Å². The summed E-state index contributed by atoms with van der Waals surface area (Å²) >= 11 is 2.29. The van der Waals surface area contributed by atoms with E-state index in [1.54, 1.807) is 0 Å². The first-order chi connectivity index (χ1) is 8.40. The number of rotatable bonds is 6. The molecule has 0 aliphatic carbocycles. The maximum absolute atomic E-state index is 12.2. The second-order valence-corrected chi connectivity index (χ2v) is 6.51. The predicted octanol–water partition coefficient (Wildman–Crippen LogP) is 3.43. The lowest BCUT2D eigenvalue weighted by atomic mass is 9.95. The highest BCUT2D eigenvalue weighted by Gasteiger charge is 2.21. The summed E-state index contributed by atoms with van der Waals surface area (Å²) in [5.41, 5.74) is 1.21. The predicted molar refractivity (Wildman–Crippen MR) is 84.8 cm³/mol. The Kier molecular flexibility index (Phi) is 6.29. The third-order valence-electron chi connectivity index (χ3n) is 2.80. The fraction of sp³-hybridized carbons (Fsp3) is 0.533. The zero-order valence-electron chi connectivity index (χ0n) is 11.5. The van der Waals surface area contributed by atoms with Crippen LogP contribution in [0.15, 0.2) is 24.3 Å². The number of carbonyl (C=O) groups excluding carboxylic acids is 1. The summed E-state index contributed by atoms with van der Waals surface area (Å²) in [6.45, 7) is 8.08. The monoisotopic (exact) mass is 359 g/mol. The van der Waals surface area contributed by atoms with Crippen LogP contribution in [-0.2, 0) is 11.2 Å². The number of benzene rings is 1. The molecule has 0 spiro atoms. The van der Waals surface area contributed by atoms with E-state index in [-0.39, 0.29) is 12.0 Å². The van der Waals surface area contributed by atoms with Gasteiger partial charge in [0.25, 0.3) is 0 Å². The number of halogens is 1. The zero-order valence-corrected chi connectivity index (χ0v) is 13.7. The van der Waals surface area contributed by atoms with E-state index in [4.69, 9.17) is 0 Å². The molecular formula is C15H22INO. The second-order valence-electron chi connectivity index (χ2n) is 5.26. The molecule has 3 heteroatoms. The fourth-order valence-electron chi connectivity index (χ4n) is 1.90. The van der Waals surface area contributed by atoms with Crippen molar-refractivity contribution in [2.24, 2.45) is 5.92 Å². The number of carbonyl (C=O) groups is 1. The topological polar surface area (TPSA) is 29.1 Å². The average molecular weight is 359 g/mol. The molecule has 1 unspecified atom stereocenters. The summed E-state index contributed by atoms with van der Waals surface area (Å²) in [6, 6.07) is 8.62. The highest BCUT2D eigenvalue weighted by Crippen LogP contribution is 2.11. The number of nitrogens with one attached hydrogen (secondary N) is 1. The Balaban J connectivity index is 2.77. The number of Topliss-reactive ketones (excluding diaryl/α,β-unsaturated/α-hetero) is 1. The summed E-state index contributed by atoms with van der Waals surface area (Å²) in [7, 11) is 0. The van der Waals surface area contributed by atoms with Gasteiger partial charge in [0.05, 0.1) is 6.04 Å². The van der Waals surface area contributed by atoms with Crippen molar-refractivity contribution in [3.63, 3.8) is 0 Å². The Morgan fingerprint density at radius 2 is 1.72 bits per heavy atom. The van der Waals surface area contributed by atoms with Crippen LogP contribution in [0.4, 0.5) is 0 Å². The van der Waals surface area contributed by atoms with E-state index in [0.717, 1.165) is 6.42 Å². The molecule has 0 radical (unpaired) electrons. The van der Waals surface area contributed by atoms with Gasteiger partial charge in [-0.25, -0.2) is 0 Å². The minimum absolute atomic E-state index is 0.0742. The molecule has 0 amide bonds. The third-order valence-corrected chi connectivity index (χ3v) is 3.52. The number of ketones is 1. The lowest BCUT2D eigenvalue weighted by Gasteiger charge is -2.22. The Morgan fingerprint density at radius 1 is 1.17 bits per heavy atom. The number of hydrogen-bond acceptors (Lipinski definition) is 2. The highest BCUT2D eigenvalue weighted by atomic mass is 127. The quantitative estimate of drug-likeness (QED) is 0.789. The molecule has 1 aromatic rings. The average Bonchev–Trinajstić information content (AvgIpc) is 2.29. The minimum Gasteiger partial charge on any atom is -0.305 e. The van der Waals surface area contributed by atoms with Crippen LogP contribution in [0, 0.1) is 9.49 Å². The van der Waals surface area contributed by atoms with Gasteiger partial charge in [-0.1, -0.05) is 39.8 Å². The van der Waals surface area contributed by atoms with Crippen molar-refractivity contribution in [3.8, 4) is 0 Å². The number of hydrogen-bond donors (Lipinski definition) is 1. The molecule has 2 nitrogen and oxygen atoms in total. The van der Waals surface area contributed by atoms with Crippen molar-refractivity contribution in [2.75, 3.05) is 0 Å². The Hall–Kier alpha value is -0.420. The SMILES string of the molecule is CC(C)NC(Cc1ccc(I)cc1)C(=O)C(C)C. The van der Waals surface area contributed by atoms with E-state index in [0.29, 0.717) is 11.8 Å². The summed E-state index contributed by atoms with van der Waals surface area (Å²) in [4.78, 5) is 12.2. The summed E-state index contributed by atoms with van der Waals surface area (Å²) < 4.78 is 1.22. The first kappa shape index (κ1) is 15.6. The van der Waals surface area contributed by atoms with Crippen LogP contribution in [0.1, 0.15) is 33.3 Å². The van der Waals surface area contributed by atoms with E-state index in [9.17, 15) is 4.79 Å². The minimum atomic E-state index is -0.0786. The van der Waals surface area contributed by atoms with Crippen LogP contribution in [0.2, 0.25) is 0 Å². The summed E-state index contributed by atoms with van der Waals surface area (Å²) in [6.07, 6.45) is 0.770. The normalized spacial score (nSPS) is 13.1. The van der Waals surface area contributed by atoms with E-state index < -0.39 is 0 Å². The zero-order chi connectivity index (χ0) is 13.7. The smallest absolute Gasteiger partial charge is 0.152 e. The van der Waals surface area contributed by atoms with E-state index in [1.807, 2.05) is 13.8 Å². The van der Waals surface area contributed by atoms with Crippen LogP contribution >= 0.6 is 22.6 Å². The van der Waals surface area contributed by atoms with Gasteiger partial charge in [-0.15, -0.1) is 0 Å². The standard InChI is InChI=1S/C15H22INO/c1-10(2)15(18)14(17-11(3)4)9-12-5-7-13(16)8-6-12/h5-8,10-11,14,17H,9H2,1-4H3. The molecule has 1 N–H and O–H groups in total. The van der Waals surface area contributed by atoms with Gasteiger partial charge in [0.1, 0.15) is 0 Å². The molecule has 1 rings (SSSR count). The maximum atomic E-state index is 12.2. The van der Waals surface area contributed by atoms with Crippen molar-refractivity contribution < 1.29 is 4.79 Å². The van der Waals surface area contributed by atoms with E-state index in [2.05, 4.69) is 66.0 Å². The van der Waals surface area contributed by atoms with Crippen molar-refractivity contribution in [2.45, 2.75) is 46.2 Å². The van der Waals surface area contributed by atoms with E-state index in [1.165, 1.54) is 9.13 Å².